The van der Waals surface area contributed by atoms with Crippen molar-refractivity contribution in [3.63, 3.8) is 0 Å². The van der Waals surface area contributed by atoms with Gasteiger partial charge in [0, 0.05) is 33.0 Å². The summed E-state index contributed by atoms with van der Waals surface area (Å²) in [4.78, 5) is 0. The Labute approximate surface area is 144 Å². The summed E-state index contributed by atoms with van der Waals surface area (Å²) in [6.45, 7) is 7.67. The van der Waals surface area contributed by atoms with E-state index >= 15 is 0 Å². The maximum atomic E-state index is 9.99. The van der Waals surface area contributed by atoms with Crippen molar-refractivity contribution in [3.05, 3.63) is 0 Å². The summed E-state index contributed by atoms with van der Waals surface area (Å²) in [5.74, 6) is -3.75. The van der Waals surface area contributed by atoms with E-state index in [2.05, 4.69) is 0 Å². The molecule has 0 amide bonds. The summed E-state index contributed by atoms with van der Waals surface area (Å²) < 4.78 is 29.0. The molecule has 146 valence electrons. The van der Waals surface area contributed by atoms with Gasteiger partial charge in [0.1, 0.15) is 5.41 Å². The van der Waals surface area contributed by atoms with Crippen molar-refractivity contribution in [2.75, 3.05) is 52.9 Å². The Morgan fingerprint density at radius 3 is 1.04 bits per heavy atom. The Balaban J connectivity index is 6.55. The van der Waals surface area contributed by atoms with E-state index in [0.717, 1.165) is 0 Å². The maximum absolute atomic E-state index is 9.99. The van der Waals surface area contributed by atoms with Crippen molar-refractivity contribution in [1.82, 2.24) is 0 Å². The summed E-state index contributed by atoms with van der Waals surface area (Å²) in [6.07, 6.45) is 0. The number of hydrogen-bond donors (Lipinski definition) is 3. The van der Waals surface area contributed by atoms with Gasteiger partial charge in [-0.3, -0.25) is 0 Å². The van der Waals surface area contributed by atoms with E-state index in [1.165, 1.54) is 0 Å². The maximum Gasteiger partial charge on any atom is 0.341 e. The van der Waals surface area contributed by atoms with E-state index in [0.29, 0.717) is 0 Å². The summed E-state index contributed by atoms with van der Waals surface area (Å²) in [5.41, 5.74) is -1.63. The van der Waals surface area contributed by atoms with E-state index in [-0.39, 0.29) is 33.0 Å². The Morgan fingerprint density at radius 1 is 0.542 bits per heavy atom. The number of ether oxygens (including phenoxy) is 5. The van der Waals surface area contributed by atoms with Gasteiger partial charge in [-0.05, 0) is 34.6 Å². The third-order valence-electron chi connectivity index (χ3n) is 3.71. The molecule has 0 saturated carbocycles. The minimum atomic E-state index is -1.89. The lowest BCUT2D eigenvalue weighted by atomic mass is 9.78. The highest BCUT2D eigenvalue weighted by molar-refractivity contribution is 5.00. The zero-order chi connectivity index (χ0) is 18.7. The Hall–Kier alpha value is -0.320. The second-order valence-electron chi connectivity index (χ2n) is 5.09. The van der Waals surface area contributed by atoms with E-state index in [4.69, 9.17) is 23.7 Å². The molecule has 0 radical (unpaired) electrons. The minimum absolute atomic E-state index is 0.150. The van der Waals surface area contributed by atoms with Crippen LogP contribution in [-0.4, -0.2) is 79.9 Å². The average Bonchev–Trinajstić information content (AvgIpc) is 2.57. The molecular formula is C16H34O8. The highest BCUT2D eigenvalue weighted by Crippen LogP contribution is 2.47. The first-order valence-corrected chi connectivity index (χ1v) is 8.51. The first kappa shape index (κ1) is 23.7. The molecule has 3 N–H and O–H groups in total. The van der Waals surface area contributed by atoms with Gasteiger partial charge in [-0.1, -0.05) is 0 Å². The molecule has 0 aliphatic carbocycles. The monoisotopic (exact) mass is 354 g/mol. The fourth-order valence-electron chi connectivity index (χ4n) is 2.70. The molecule has 0 saturated heterocycles. The molecule has 0 unspecified atom stereocenters. The van der Waals surface area contributed by atoms with Gasteiger partial charge in [0.15, 0.2) is 0 Å². The van der Waals surface area contributed by atoms with Crippen molar-refractivity contribution < 1.29 is 39.0 Å². The quantitative estimate of drug-likeness (QED) is 0.365. The van der Waals surface area contributed by atoms with E-state index < -0.39 is 37.0 Å². The summed E-state index contributed by atoms with van der Waals surface area (Å²) >= 11 is 0. The SMILES string of the molecule is CCOC(OCC)(OCC)C(OCC)(OCC)C(CO)(CO)CO. The molecule has 8 heteroatoms. The first-order valence-electron chi connectivity index (χ1n) is 8.51. The second-order valence-corrected chi connectivity index (χ2v) is 5.09. The molecular weight excluding hydrogens is 320 g/mol. The fraction of sp³-hybridized carbons (Fsp3) is 1.00. The molecule has 24 heavy (non-hydrogen) atoms. The molecule has 0 bridgehead atoms. The standard InChI is InChI=1S/C16H34O8/c1-6-20-15(21-7-2,14(11-17,12-18)13-19)16(22-8-3,23-9-4)24-10-5/h17-19H,6-13H2,1-5H3. The number of hydrogen-bond acceptors (Lipinski definition) is 8. The summed E-state index contributed by atoms with van der Waals surface area (Å²) in [6, 6.07) is 0. The Kier molecular flexibility index (Phi) is 11.2. The van der Waals surface area contributed by atoms with Crippen LogP contribution >= 0.6 is 0 Å². The summed E-state index contributed by atoms with van der Waals surface area (Å²) in [7, 11) is 0. The molecule has 0 atom stereocenters. The van der Waals surface area contributed by atoms with Gasteiger partial charge in [-0.25, -0.2) is 0 Å². The van der Waals surface area contributed by atoms with Crippen molar-refractivity contribution in [2.24, 2.45) is 5.41 Å². The van der Waals surface area contributed by atoms with E-state index in [1.54, 1.807) is 34.6 Å². The fourth-order valence-corrected chi connectivity index (χ4v) is 2.70. The lowest BCUT2D eigenvalue weighted by Crippen LogP contribution is -2.73. The van der Waals surface area contributed by atoms with Crippen LogP contribution < -0.4 is 0 Å². The number of aliphatic hydroxyl groups excluding tert-OH is 3. The van der Waals surface area contributed by atoms with E-state index in [1.807, 2.05) is 0 Å². The first-order chi connectivity index (χ1) is 11.5. The van der Waals surface area contributed by atoms with Gasteiger partial charge in [-0.2, -0.15) is 0 Å². The van der Waals surface area contributed by atoms with Crippen molar-refractivity contribution in [1.29, 1.82) is 0 Å². The lowest BCUT2D eigenvalue weighted by Gasteiger charge is -2.54. The molecule has 0 fully saturated rings. The molecule has 8 nitrogen and oxygen atoms in total. The van der Waals surface area contributed by atoms with Crippen LogP contribution in [-0.2, 0) is 23.7 Å². The second kappa shape index (κ2) is 11.3. The van der Waals surface area contributed by atoms with Crippen LogP contribution in [0.1, 0.15) is 34.6 Å². The molecule has 0 heterocycles. The Morgan fingerprint density at radius 2 is 0.833 bits per heavy atom. The molecule has 0 aromatic carbocycles. The van der Waals surface area contributed by atoms with Gasteiger partial charge >= 0.3 is 5.97 Å². The molecule has 0 aromatic rings. The zero-order valence-electron chi connectivity index (χ0n) is 15.5. The zero-order valence-corrected chi connectivity index (χ0v) is 15.5. The highest BCUT2D eigenvalue weighted by Gasteiger charge is 2.69. The normalized spacial score (nSPS) is 13.5. The van der Waals surface area contributed by atoms with Crippen LogP contribution in [0.5, 0.6) is 0 Å². The van der Waals surface area contributed by atoms with Crippen LogP contribution in [0.2, 0.25) is 0 Å². The Bertz CT molecular complexity index is 288. The third kappa shape index (κ3) is 4.25. The van der Waals surface area contributed by atoms with Crippen LogP contribution in [0.15, 0.2) is 0 Å². The predicted molar refractivity (Wildman–Crippen MR) is 87.3 cm³/mol. The third-order valence-corrected chi connectivity index (χ3v) is 3.71. The molecule has 0 spiro atoms. The predicted octanol–water partition coefficient (Wildman–Crippen LogP) is 0.482. The molecule has 0 rings (SSSR count). The van der Waals surface area contributed by atoms with Crippen molar-refractivity contribution in [3.8, 4) is 0 Å². The topological polar surface area (TPSA) is 107 Å². The number of aliphatic hydroxyl groups is 3. The van der Waals surface area contributed by atoms with Crippen molar-refractivity contribution >= 4 is 0 Å². The summed E-state index contributed by atoms with van der Waals surface area (Å²) in [5, 5.41) is 30.0. The van der Waals surface area contributed by atoms with Crippen molar-refractivity contribution in [2.45, 2.75) is 46.4 Å². The van der Waals surface area contributed by atoms with Gasteiger partial charge in [0.25, 0.3) is 5.79 Å². The lowest BCUT2D eigenvalue weighted by molar-refractivity contribution is -0.523. The number of rotatable bonds is 15. The van der Waals surface area contributed by atoms with Gasteiger partial charge < -0.3 is 39.0 Å². The largest absolute Gasteiger partial charge is 0.395 e. The average molecular weight is 354 g/mol. The van der Waals surface area contributed by atoms with Crippen LogP contribution in [0.4, 0.5) is 0 Å². The minimum Gasteiger partial charge on any atom is -0.395 e. The smallest absolute Gasteiger partial charge is 0.341 e. The van der Waals surface area contributed by atoms with Gasteiger partial charge in [-0.15, -0.1) is 0 Å². The van der Waals surface area contributed by atoms with Crippen LogP contribution in [0.3, 0.4) is 0 Å². The van der Waals surface area contributed by atoms with Crippen LogP contribution in [0.25, 0.3) is 0 Å². The molecule has 0 aromatic heterocycles. The molecule has 0 aliphatic heterocycles. The molecule has 0 aliphatic rings. The van der Waals surface area contributed by atoms with E-state index in [9.17, 15) is 15.3 Å². The van der Waals surface area contributed by atoms with Crippen LogP contribution in [0, 0.1) is 5.41 Å². The van der Waals surface area contributed by atoms with Gasteiger partial charge in [0.2, 0.25) is 0 Å². The highest BCUT2D eigenvalue weighted by atomic mass is 16.9. The van der Waals surface area contributed by atoms with Gasteiger partial charge in [0.05, 0.1) is 19.8 Å².